The minimum Gasteiger partial charge on any atom is -0.472 e. The van der Waals surface area contributed by atoms with Gasteiger partial charge < -0.3 is 23.7 Å². The Morgan fingerprint density at radius 1 is 1.24 bits per heavy atom. The second kappa shape index (κ2) is 7.40. The van der Waals surface area contributed by atoms with Gasteiger partial charge in [-0.15, -0.1) is 0 Å². The Bertz CT molecular complexity index is 942. The van der Waals surface area contributed by atoms with E-state index in [2.05, 4.69) is 20.8 Å². The van der Waals surface area contributed by atoms with Crippen molar-refractivity contribution >= 4 is 11.8 Å². The quantitative estimate of drug-likeness (QED) is 0.676. The monoisotopic (exact) mass is 460 g/mol. The molecule has 2 saturated carbocycles. The molecule has 1 aromatic heterocycles. The van der Waals surface area contributed by atoms with Crippen molar-refractivity contribution in [3.05, 3.63) is 24.2 Å². The normalized spacial score (nSPS) is 51.4. The fourth-order valence-electron chi connectivity index (χ4n) is 8.18. The first kappa shape index (κ1) is 23.1. The first-order valence-electron chi connectivity index (χ1n) is 12.1. The lowest BCUT2D eigenvalue weighted by atomic mass is 9.39. The van der Waals surface area contributed by atoms with Gasteiger partial charge in [0, 0.05) is 35.5 Å². The summed E-state index contributed by atoms with van der Waals surface area (Å²) in [5, 5.41) is 11.7. The number of aliphatic hydroxyl groups is 1. The van der Waals surface area contributed by atoms with Crippen molar-refractivity contribution in [2.45, 2.75) is 77.8 Å². The van der Waals surface area contributed by atoms with E-state index in [9.17, 15) is 14.7 Å². The summed E-state index contributed by atoms with van der Waals surface area (Å²) in [6.07, 6.45) is 2.22. The van der Waals surface area contributed by atoms with E-state index in [1.807, 2.05) is 19.9 Å². The van der Waals surface area contributed by atoms with Crippen LogP contribution in [-0.2, 0) is 23.8 Å². The average Bonchev–Trinajstić information content (AvgIpc) is 3.39. The predicted octanol–water partition coefficient (Wildman–Crippen LogP) is 3.35. The van der Waals surface area contributed by atoms with Gasteiger partial charge in [-0.25, -0.2) is 0 Å². The molecular formula is C26H36O7. The van der Waals surface area contributed by atoms with Crippen LogP contribution in [-0.4, -0.2) is 54.0 Å². The average molecular weight is 461 g/mol. The lowest BCUT2D eigenvalue weighted by Gasteiger charge is -2.68. The molecule has 4 aliphatic rings. The van der Waals surface area contributed by atoms with Crippen molar-refractivity contribution in [2.75, 3.05) is 13.2 Å². The van der Waals surface area contributed by atoms with E-state index >= 15 is 0 Å². The van der Waals surface area contributed by atoms with Crippen LogP contribution in [0.25, 0.3) is 0 Å². The molecule has 7 heteroatoms. The molecule has 0 radical (unpaired) electrons. The number of furan rings is 1. The molecule has 1 N–H and O–H groups in total. The number of ketones is 1. The summed E-state index contributed by atoms with van der Waals surface area (Å²) in [7, 11) is 0. The first-order valence-corrected chi connectivity index (χ1v) is 12.1. The topological polar surface area (TPSA) is 95.2 Å². The van der Waals surface area contributed by atoms with Crippen molar-refractivity contribution in [3.8, 4) is 0 Å². The predicted molar refractivity (Wildman–Crippen MR) is 118 cm³/mol. The second-order valence-electron chi connectivity index (χ2n) is 11.5. The Morgan fingerprint density at radius 2 is 1.97 bits per heavy atom. The van der Waals surface area contributed by atoms with Crippen LogP contribution in [0.3, 0.4) is 0 Å². The molecule has 5 unspecified atom stereocenters. The number of rotatable bonds is 2. The summed E-state index contributed by atoms with van der Waals surface area (Å²) in [6.45, 7) is 12.5. The Hall–Kier alpha value is -1.70. The fraction of sp³-hybridized carbons (Fsp3) is 0.769. The summed E-state index contributed by atoms with van der Waals surface area (Å²) < 4.78 is 23.9. The Labute approximate surface area is 195 Å². The number of carbonyl (C=O) groups excluding carboxylic acids is 2. The molecule has 182 valence electrons. The maximum atomic E-state index is 14.4. The Morgan fingerprint density at radius 3 is 2.61 bits per heavy atom. The van der Waals surface area contributed by atoms with E-state index in [1.54, 1.807) is 12.5 Å². The molecule has 4 fully saturated rings. The van der Waals surface area contributed by atoms with Crippen LogP contribution in [0.1, 0.15) is 59.4 Å². The van der Waals surface area contributed by atoms with Crippen LogP contribution < -0.4 is 0 Å². The maximum Gasteiger partial charge on any atom is 0.303 e. The van der Waals surface area contributed by atoms with E-state index in [1.165, 1.54) is 6.92 Å². The highest BCUT2D eigenvalue weighted by Gasteiger charge is 2.77. The lowest BCUT2D eigenvalue weighted by molar-refractivity contribution is -0.284. The molecule has 11 atom stereocenters. The fourth-order valence-corrected chi connectivity index (χ4v) is 8.18. The van der Waals surface area contributed by atoms with Crippen LogP contribution in [0, 0.1) is 34.5 Å². The van der Waals surface area contributed by atoms with E-state index in [0.717, 1.165) is 5.56 Å². The highest BCUT2D eigenvalue weighted by molar-refractivity contribution is 5.91. The van der Waals surface area contributed by atoms with Crippen LogP contribution in [0.5, 0.6) is 0 Å². The zero-order valence-corrected chi connectivity index (χ0v) is 20.4. The van der Waals surface area contributed by atoms with Crippen LogP contribution in [0.15, 0.2) is 23.0 Å². The molecule has 33 heavy (non-hydrogen) atoms. The molecule has 0 spiro atoms. The zero-order chi connectivity index (χ0) is 23.9. The van der Waals surface area contributed by atoms with Crippen LogP contribution in [0.2, 0.25) is 0 Å². The summed E-state index contributed by atoms with van der Waals surface area (Å²) in [4.78, 5) is 26.6. The first-order chi connectivity index (χ1) is 15.5. The summed E-state index contributed by atoms with van der Waals surface area (Å²) in [5.74, 6) is -1.48. The molecule has 2 aliphatic carbocycles. The van der Waals surface area contributed by atoms with Crippen molar-refractivity contribution in [3.63, 3.8) is 0 Å². The van der Waals surface area contributed by atoms with Gasteiger partial charge in [-0.1, -0.05) is 20.8 Å². The van der Waals surface area contributed by atoms with Gasteiger partial charge in [-0.05, 0) is 43.7 Å². The third-order valence-corrected chi connectivity index (χ3v) is 10.2. The molecule has 0 bridgehead atoms. The smallest absolute Gasteiger partial charge is 0.303 e. The molecule has 5 rings (SSSR count). The SMILES string of the molecule is CC(=O)O[C@H]1C(=O)C2[C@]3(C)COC(C)C(C)C3C[C@@H](O)[C@@]2(C)[C@]2(C)OC[C@@H](c3ccoc3)C12. The van der Waals surface area contributed by atoms with Crippen LogP contribution in [0.4, 0.5) is 0 Å². The Kier molecular flexibility index (Phi) is 5.17. The molecule has 0 aromatic carbocycles. The van der Waals surface area contributed by atoms with Gasteiger partial charge in [0.25, 0.3) is 0 Å². The number of aliphatic hydroxyl groups excluding tert-OH is 1. The van der Waals surface area contributed by atoms with Gasteiger partial charge in [-0.3, -0.25) is 9.59 Å². The maximum absolute atomic E-state index is 14.4. The molecule has 2 aliphatic heterocycles. The summed E-state index contributed by atoms with van der Waals surface area (Å²) >= 11 is 0. The highest BCUT2D eigenvalue weighted by Crippen LogP contribution is 2.69. The van der Waals surface area contributed by atoms with E-state index in [0.29, 0.717) is 19.6 Å². The minimum atomic E-state index is -0.953. The van der Waals surface area contributed by atoms with Gasteiger partial charge in [0.2, 0.25) is 0 Å². The third kappa shape index (κ3) is 2.85. The zero-order valence-electron chi connectivity index (χ0n) is 20.4. The molecule has 2 saturated heterocycles. The van der Waals surface area contributed by atoms with Crippen molar-refractivity contribution in [1.82, 2.24) is 0 Å². The number of fused-ring (bicyclic) bond motifs is 5. The van der Waals surface area contributed by atoms with Crippen molar-refractivity contribution in [2.24, 2.45) is 34.5 Å². The van der Waals surface area contributed by atoms with Crippen LogP contribution >= 0.6 is 0 Å². The van der Waals surface area contributed by atoms with Gasteiger partial charge >= 0.3 is 5.97 Å². The summed E-state index contributed by atoms with van der Waals surface area (Å²) in [6, 6.07) is 1.87. The molecule has 7 nitrogen and oxygen atoms in total. The number of esters is 1. The molecule has 3 heterocycles. The van der Waals surface area contributed by atoms with Gasteiger partial charge in [0.1, 0.15) is 0 Å². The molecular weight excluding hydrogens is 424 g/mol. The van der Waals surface area contributed by atoms with Gasteiger partial charge in [0.15, 0.2) is 11.9 Å². The number of Topliss-reactive ketones (excluding diaryl/α,β-unsaturated/α-hetero) is 1. The van der Waals surface area contributed by atoms with E-state index in [-0.39, 0.29) is 29.6 Å². The number of hydrogen-bond acceptors (Lipinski definition) is 7. The van der Waals surface area contributed by atoms with E-state index in [4.69, 9.17) is 18.6 Å². The number of hydrogen-bond donors (Lipinski definition) is 1. The van der Waals surface area contributed by atoms with Gasteiger partial charge in [-0.2, -0.15) is 0 Å². The third-order valence-electron chi connectivity index (χ3n) is 10.2. The Balaban J connectivity index is 1.68. The lowest BCUT2D eigenvalue weighted by Crippen LogP contribution is -2.76. The highest BCUT2D eigenvalue weighted by atomic mass is 16.6. The van der Waals surface area contributed by atoms with Crippen molar-refractivity contribution < 1.29 is 33.3 Å². The molecule has 0 amide bonds. The van der Waals surface area contributed by atoms with E-state index < -0.39 is 46.4 Å². The van der Waals surface area contributed by atoms with Crippen molar-refractivity contribution in [1.29, 1.82) is 0 Å². The standard InChI is InChI=1S/C26H36O7/c1-13-14(2)31-12-24(4)18(13)9-19(28)25(5)23(24)21(29)22(33-15(3)27)20-17(11-32-26(20,25)6)16-7-8-30-10-16/h7-8,10,13-14,17-20,22-23,28H,9,11-12H2,1-6H3/t13?,14?,17-,18?,19+,20?,22+,23?,24+,25+,26+/m0/s1. The number of carbonyl (C=O) groups is 2. The largest absolute Gasteiger partial charge is 0.472 e. The number of ether oxygens (including phenoxy) is 3. The summed E-state index contributed by atoms with van der Waals surface area (Å²) in [5.41, 5.74) is -1.33. The minimum absolute atomic E-state index is 0.0547. The molecule has 1 aromatic rings. The van der Waals surface area contributed by atoms with Gasteiger partial charge in [0.05, 0.1) is 43.5 Å². The second-order valence-corrected chi connectivity index (χ2v) is 11.5.